The predicted octanol–water partition coefficient (Wildman–Crippen LogP) is 2.58. The Morgan fingerprint density at radius 2 is 2.11 bits per heavy atom. The molecule has 28 heavy (non-hydrogen) atoms. The molecule has 1 fully saturated rings. The summed E-state index contributed by atoms with van der Waals surface area (Å²) in [6.45, 7) is 4.47. The van der Waals surface area contributed by atoms with Crippen molar-refractivity contribution in [3.05, 3.63) is 48.0 Å². The van der Waals surface area contributed by atoms with Gasteiger partial charge in [0.25, 0.3) is 0 Å². The van der Waals surface area contributed by atoms with Crippen LogP contribution in [0.15, 0.2) is 41.7 Å². The van der Waals surface area contributed by atoms with Gasteiger partial charge in [-0.1, -0.05) is 6.07 Å². The van der Waals surface area contributed by atoms with Crippen LogP contribution in [0.1, 0.15) is 18.9 Å². The third-order valence-electron chi connectivity index (χ3n) is 4.37. The minimum Gasteiger partial charge on any atom is -0.478 e. The fourth-order valence-corrected chi connectivity index (χ4v) is 3.07. The van der Waals surface area contributed by atoms with E-state index in [0.29, 0.717) is 37.4 Å². The molecule has 3 heterocycles. The van der Waals surface area contributed by atoms with E-state index in [-0.39, 0.29) is 35.8 Å². The molecule has 1 atom stereocenters. The lowest BCUT2D eigenvalue weighted by Gasteiger charge is -2.20. The summed E-state index contributed by atoms with van der Waals surface area (Å²) in [6, 6.07) is 7.06. The van der Waals surface area contributed by atoms with Crippen molar-refractivity contribution >= 4 is 35.8 Å². The van der Waals surface area contributed by atoms with Crippen molar-refractivity contribution in [2.24, 2.45) is 4.99 Å². The number of nitrogens with zero attached hydrogens (tertiary/aromatic N) is 4. The van der Waals surface area contributed by atoms with Crippen LogP contribution in [0, 0.1) is 5.82 Å². The van der Waals surface area contributed by atoms with Crippen molar-refractivity contribution in [3.63, 3.8) is 0 Å². The molecule has 2 aromatic rings. The van der Waals surface area contributed by atoms with Gasteiger partial charge in [-0.2, -0.15) is 0 Å². The van der Waals surface area contributed by atoms with E-state index in [0.717, 1.165) is 18.5 Å². The van der Waals surface area contributed by atoms with Crippen molar-refractivity contribution in [2.75, 3.05) is 31.6 Å². The van der Waals surface area contributed by atoms with Gasteiger partial charge in [0, 0.05) is 50.7 Å². The highest BCUT2D eigenvalue weighted by Gasteiger charge is 2.25. The summed E-state index contributed by atoms with van der Waals surface area (Å²) >= 11 is 0. The highest BCUT2D eigenvalue weighted by atomic mass is 127. The lowest BCUT2D eigenvalue weighted by molar-refractivity contribution is 0.322. The van der Waals surface area contributed by atoms with Gasteiger partial charge < -0.3 is 20.3 Å². The highest BCUT2D eigenvalue weighted by Crippen LogP contribution is 2.20. The van der Waals surface area contributed by atoms with Gasteiger partial charge in [-0.15, -0.1) is 24.0 Å². The summed E-state index contributed by atoms with van der Waals surface area (Å²) in [5.41, 5.74) is 0.964. The third kappa shape index (κ3) is 5.66. The maximum absolute atomic E-state index is 13.9. The second kappa shape index (κ2) is 11.0. The Kier molecular flexibility index (Phi) is 8.68. The van der Waals surface area contributed by atoms with Crippen molar-refractivity contribution in [3.8, 4) is 5.88 Å². The molecule has 0 bridgehead atoms. The molecule has 0 spiro atoms. The normalized spacial score (nSPS) is 16.5. The number of pyridine rings is 2. The molecule has 2 N–H and O–H groups in total. The Bertz CT molecular complexity index is 791. The summed E-state index contributed by atoms with van der Waals surface area (Å²) < 4.78 is 19.5. The SMILES string of the molecule is CCOc1ncccc1CNC(=NC)NC1CCN(c2ncccc2F)C1.I. The molecule has 9 heteroatoms. The first-order valence-corrected chi connectivity index (χ1v) is 9.10. The molecule has 7 nitrogen and oxygen atoms in total. The van der Waals surface area contributed by atoms with Crippen LogP contribution in [0.25, 0.3) is 0 Å². The summed E-state index contributed by atoms with van der Waals surface area (Å²) in [5.74, 6) is 1.43. The largest absolute Gasteiger partial charge is 0.478 e. The molecule has 0 amide bonds. The Morgan fingerprint density at radius 3 is 2.86 bits per heavy atom. The lowest BCUT2D eigenvalue weighted by Crippen LogP contribution is -2.44. The van der Waals surface area contributed by atoms with Crippen LogP contribution in [0.2, 0.25) is 0 Å². The fourth-order valence-electron chi connectivity index (χ4n) is 3.07. The van der Waals surface area contributed by atoms with Crippen molar-refractivity contribution in [2.45, 2.75) is 25.9 Å². The van der Waals surface area contributed by atoms with Crippen LogP contribution in [-0.2, 0) is 6.54 Å². The first kappa shape index (κ1) is 22.1. The van der Waals surface area contributed by atoms with E-state index >= 15 is 0 Å². The molecule has 152 valence electrons. The van der Waals surface area contributed by atoms with Gasteiger partial charge in [0.2, 0.25) is 5.88 Å². The Hall–Kier alpha value is -2.17. The molecule has 1 saturated heterocycles. The number of guanidine groups is 1. The first-order chi connectivity index (χ1) is 13.2. The number of nitrogens with one attached hydrogen (secondary N) is 2. The van der Waals surface area contributed by atoms with E-state index < -0.39 is 0 Å². The summed E-state index contributed by atoms with van der Waals surface area (Å²) in [6.07, 6.45) is 4.21. The number of anilines is 1. The van der Waals surface area contributed by atoms with E-state index in [1.807, 2.05) is 24.0 Å². The van der Waals surface area contributed by atoms with Gasteiger partial charge in [0.1, 0.15) is 0 Å². The van der Waals surface area contributed by atoms with Gasteiger partial charge >= 0.3 is 0 Å². The van der Waals surface area contributed by atoms with Crippen molar-refractivity contribution in [1.29, 1.82) is 0 Å². The van der Waals surface area contributed by atoms with Crippen molar-refractivity contribution < 1.29 is 9.13 Å². The average Bonchev–Trinajstić information content (AvgIpc) is 3.15. The number of aliphatic imine (C=N–C) groups is 1. The minimum absolute atomic E-state index is 0. The topological polar surface area (TPSA) is 74.7 Å². The van der Waals surface area contributed by atoms with E-state index in [9.17, 15) is 4.39 Å². The first-order valence-electron chi connectivity index (χ1n) is 9.10. The summed E-state index contributed by atoms with van der Waals surface area (Å²) in [5, 5.41) is 6.68. The smallest absolute Gasteiger partial charge is 0.218 e. The zero-order valence-electron chi connectivity index (χ0n) is 16.1. The van der Waals surface area contributed by atoms with Crippen LogP contribution < -0.4 is 20.3 Å². The highest BCUT2D eigenvalue weighted by molar-refractivity contribution is 14.0. The van der Waals surface area contributed by atoms with Crippen molar-refractivity contribution in [1.82, 2.24) is 20.6 Å². The number of hydrogen-bond donors (Lipinski definition) is 2. The van der Waals surface area contributed by atoms with Gasteiger partial charge in [0.15, 0.2) is 17.6 Å². The number of ether oxygens (including phenoxy) is 1. The quantitative estimate of drug-likeness (QED) is 0.361. The molecule has 3 rings (SSSR count). The molecule has 2 aromatic heterocycles. The van der Waals surface area contributed by atoms with Crippen LogP contribution in [0.4, 0.5) is 10.2 Å². The molecule has 1 aliphatic rings. The monoisotopic (exact) mass is 500 g/mol. The van der Waals surface area contributed by atoms with E-state index in [4.69, 9.17) is 4.74 Å². The van der Waals surface area contributed by atoms with Crippen LogP contribution >= 0.6 is 24.0 Å². The molecule has 0 aromatic carbocycles. The summed E-state index contributed by atoms with van der Waals surface area (Å²) in [7, 11) is 1.73. The number of halogens is 2. The van der Waals surface area contributed by atoms with Gasteiger partial charge in [0.05, 0.1) is 6.61 Å². The second-order valence-electron chi connectivity index (χ2n) is 6.21. The molecule has 0 radical (unpaired) electrons. The molecule has 1 unspecified atom stereocenters. The zero-order valence-corrected chi connectivity index (χ0v) is 18.4. The maximum Gasteiger partial charge on any atom is 0.218 e. The fraction of sp³-hybridized carbons (Fsp3) is 0.421. The summed E-state index contributed by atoms with van der Waals surface area (Å²) in [4.78, 5) is 14.6. The number of rotatable bonds is 6. The average molecular weight is 500 g/mol. The molecular weight excluding hydrogens is 474 g/mol. The Morgan fingerprint density at radius 1 is 1.32 bits per heavy atom. The Balaban J connectivity index is 0.00000280. The number of aromatic nitrogens is 2. The number of hydrogen-bond acceptors (Lipinski definition) is 5. The van der Waals surface area contributed by atoms with Crippen LogP contribution in [0.3, 0.4) is 0 Å². The van der Waals surface area contributed by atoms with E-state index in [1.54, 1.807) is 25.5 Å². The second-order valence-corrected chi connectivity index (χ2v) is 6.21. The van der Waals surface area contributed by atoms with Crippen LogP contribution in [-0.4, -0.2) is 48.7 Å². The molecule has 0 aliphatic carbocycles. The van der Waals surface area contributed by atoms with Gasteiger partial charge in [-0.3, -0.25) is 4.99 Å². The van der Waals surface area contributed by atoms with Gasteiger partial charge in [-0.25, -0.2) is 14.4 Å². The predicted molar refractivity (Wildman–Crippen MR) is 119 cm³/mol. The Labute approximate surface area is 181 Å². The third-order valence-corrected chi connectivity index (χ3v) is 4.37. The maximum atomic E-state index is 13.9. The molecule has 1 aliphatic heterocycles. The van der Waals surface area contributed by atoms with E-state index in [2.05, 4.69) is 25.6 Å². The zero-order chi connectivity index (χ0) is 19.1. The minimum atomic E-state index is -0.291. The lowest BCUT2D eigenvalue weighted by atomic mass is 10.2. The molecular formula is C19H26FIN6O. The van der Waals surface area contributed by atoms with Gasteiger partial charge in [-0.05, 0) is 31.5 Å². The molecule has 0 saturated carbocycles. The van der Waals surface area contributed by atoms with Crippen LogP contribution in [0.5, 0.6) is 5.88 Å². The van der Waals surface area contributed by atoms with E-state index in [1.165, 1.54) is 6.07 Å². The standard InChI is InChI=1S/C19H25FN6O.HI/c1-3-27-18-14(6-4-10-23-18)12-24-19(21-2)25-15-8-11-26(13-15)17-16(20)7-5-9-22-17;/h4-7,9-10,15H,3,8,11-13H2,1-2H3,(H2,21,24,25);1H.